The van der Waals surface area contributed by atoms with Crippen molar-refractivity contribution in [1.29, 1.82) is 0 Å². The number of benzene rings is 2. The molecule has 0 saturated carbocycles. The summed E-state index contributed by atoms with van der Waals surface area (Å²) in [5, 5.41) is 6.96. The molecule has 0 fully saturated rings. The van der Waals surface area contributed by atoms with Crippen LogP contribution in [0.2, 0.25) is 0 Å². The van der Waals surface area contributed by atoms with Gasteiger partial charge in [0, 0.05) is 10.2 Å². The molecular formula is C17H13BrFN3OS3. The number of hydrogen-bond donors (Lipinski definition) is 1. The molecule has 26 heavy (non-hydrogen) atoms. The van der Waals surface area contributed by atoms with E-state index in [-0.39, 0.29) is 17.0 Å². The smallest absolute Gasteiger partial charge is 0.237 e. The predicted octanol–water partition coefficient (Wildman–Crippen LogP) is 5.68. The van der Waals surface area contributed by atoms with Gasteiger partial charge in [0.25, 0.3) is 0 Å². The molecule has 0 aliphatic rings. The number of carbonyl (C=O) groups is 1. The van der Waals surface area contributed by atoms with Crippen molar-refractivity contribution in [2.24, 2.45) is 0 Å². The molecule has 0 aliphatic carbocycles. The predicted molar refractivity (Wildman–Crippen MR) is 110 cm³/mol. The zero-order chi connectivity index (χ0) is 18.7. The maximum absolute atomic E-state index is 13.1. The highest BCUT2D eigenvalue weighted by Gasteiger charge is 2.17. The van der Waals surface area contributed by atoms with Crippen LogP contribution in [0.5, 0.6) is 0 Å². The average Bonchev–Trinajstić information content (AvgIpc) is 2.97. The molecule has 0 spiro atoms. The number of carbonyl (C=O) groups excluding carboxylic acids is 1. The van der Waals surface area contributed by atoms with Gasteiger partial charge in [0.15, 0.2) is 8.29 Å². The van der Waals surface area contributed by atoms with Crippen molar-refractivity contribution in [2.45, 2.75) is 16.5 Å². The highest BCUT2D eigenvalue weighted by molar-refractivity contribution is 9.10. The van der Waals surface area contributed by atoms with Crippen molar-refractivity contribution in [1.82, 2.24) is 9.78 Å². The molecule has 1 N–H and O–H groups in total. The minimum absolute atomic E-state index is 0.119. The van der Waals surface area contributed by atoms with Gasteiger partial charge in [-0.2, -0.15) is 0 Å². The van der Waals surface area contributed by atoms with Crippen molar-refractivity contribution in [2.75, 3.05) is 5.32 Å². The Kier molecular flexibility index (Phi) is 6.23. The molecule has 3 rings (SSSR count). The van der Waals surface area contributed by atoms with Gasteiger partial charge in [-0.05, 0) is 67.7 Å². The first kappa shape index (κ1) is 19.2. The van der Waals surface area contributed by atoms with Crippen LogP contribution in [0.3, 0.4) is 0 Å². The van der Waals surface area contributed by atoms with Crippen LogP contribution in [0.1, 0.15) is 6.92 Å². The van der Waals surface area contributed by atoms with E-state index >= 15 is 0 Å². The third-order valence-electron chi connectivity index (χ3n) is 3.36. The first-order chi connectivity index (χ1) is 12.4. The maximum Gasteiger partial charge on any atom is 0.237 e. The monoisotopic (exact) mass is 469 g/mol. The summed E-state index contributed by atoms with van der Waals surface area (Å²) in [5.74, 6) is -0.435. The Balaban J connectivity index is 1.69. The second kappa shape index (κ2) is 8.43. The summed E-state index contributed by atoms with van der Waals surface area (Å²) in [7, 11) is 0. The Hall–Kier alpha value is -1.55. The van der Waals surface area contributed by atoms with Gasteiger partial charge in [0.05, 0.1) is 10.9 Å². The summed E-state index contributed by atoms with van der Waals surface area (Å²) in [6.45, 7) is 1.81. The molecule has 3 aromatic rings. The maximum atomic E-state index is 13.1. The van der Waals surface area contributed by atoms with Crippen LogP contribution >= 0.6 is 51.2 Å². The lowest BCUT2D eigenvalue weighted by atomic mass is 10.3. The molecule has 1 amide bonds. The van der Waals surface area contributed by atoms with Gasteiger partial charge < -0.3 is 5.32 Å². The largest absolute Gasteiger partial charge is 0.325 e. The van der Waals surface area contributed by atoms with E-state index in [0.717, 1.165) is 10.2 Å². The van der Waals surface area contributed by atoms with Gasteiger partial charge >= 0.3 is 0 Å². The fourth-order valence-electron chi connectivity index (χ4n) is 2.04. The number of nitrogens with one attached hydrogen (secondary N) is 1. The van der Waals surface area contributed by atoms with E-state index < -0.39 is 0 Å². The highest BCUT2D eigenvalue weighted by Crippen LogP contribution is 2.28. The van der Waals surface area contributed by atoms with Crippen LogP contribution in [0.4, 0.5) is 10.1 Å². The first-order valence-electron chi connectivity index (χ1n) is 7.51. The number of thioether (sulfide) groups is 1. The van der Waals surface area contributed by atoms with Crippen molar-refractivity contribution < 1.29 is 9.18 Å². The van der Waals surface area contributed by atoms with Gasteiger partial charge in [-0.1, -0.05) is 39.0 Å². The van der Waals surface area contributed by atoms with Crippen LogP contribution in [-0.2, 0) is 4.79 Å². The molecule has 1 atom stereocenters. The van der Waals surface area contributed by atoms with E-state index in [1.807, 2.05) is 31.2 Å². The van der Waals surface area contributed by atoms with E-state index in [0.29, 0.717) is 14.0 Å². The van der Waals surface area contributed by atoms with Gasteiger partial charge in [-0.3, -0.25) is 4.79 Å². The second-order valence-corrected chi connectivity index (χ2v) is 9.40. The minimum Gasteiger partial charge on any atom is -0.325 e. The van der Waals surface area contributed by atoms with Crippen LogP contribution in [0.25, 0.3) is 5.69 Å². The Bertz CT molecular complexity index is 970. The molecular weight excluding hydrogens is 457 g/mol. The average molecular weight is 470 g/mol. The number of halogens is 2. The molecule has 0 aliphatic heterocycles. The summed E-state index contributed by atoms with van der Waals surface area (Å²) in [6.07, 6.45) is 0. The lowest BCUT2D eigenvalue weighted by molar-refractivity contribution is -0.115. The molecule has 9 heteroatoms. The molecule has 1 unspecified atom stereocenters. The summed E-state index contributed by atoms with van der Waals surface area (Å²) in [6, 6.07) is 13.3. The second-order valence-electron chi connectivity index (χ2n) is 5.28. The fraction of sp³-hybridized carbons (Fsp3) is 0.118. The van der Waals surface area contributed by atoms with Gasteiger partial charge in [0.2, 0.25) is 5.91 Å². The van der Waals surface area contributed by atoms with Gasteiger partial charge in [-0.15, -0.1) is 5.10 Å². The number of amides is 1. The molecule has 1 heterocycles. The molecule has 4 nitrogen and oxygen atoms in total. The van der Waals surface area contributed by atoms with Crippen molar-refractivity contribution in [3.63, 3.8) is 0 Å². The quantitative estimate of drug-likeness (QED) is 0.385. The SMILES string of the molecule is CC(Sc1nn(-c2ccc(F)cc2)c(=S)s1)C(=O)Nc1ccc(Br)cc1. The summed E-state index contributed by atoms with van der Waals surface area (Å²) in [5.41, 5.74) is 1.42. The molecule has 0 saturated heterocycles. The number of rotatable bonds is 5. The zero-order valence-electron chi connectivity index (χ0n) is 13.5. The molecule has 1 aromatic heterocycles. The highest BCUT2D eigenvalue weighted by atomic mass is 79.9. The summed E-state index contributed by atoms with van der Waals surface area (Å²) < 4.78 is 16.8. The zero-order valence-corrected chi connectivity index (χ0v) is 17.5. The van der Waals surface area contributed by atoms with Gasteiger partial charge in [0.1, 0.15) is 5.82 Å². The number of aromatic nitrogens is 2. The number of nitrogens with zero attached hydrogens (tertiary/aromatic N) is 2. The summed E-state index contributed by atoms with van der Waals surface area (Å²) in [4.78, 5) is 12.4. The van der Waals surface area contributed by atoms with Gasteiger partial charge in [-0.25, -0.2) is 9.07 Å². The minimum atomic E-state index is -0.346. The summed E-state index contributed by atoms with van der Waals surface area (Å²) >= 11 is 11.3. The normalized spacial score (nSPS) is 12.0. The Morgan fingerprint density at radius 2 is 1.92 bits per heavy atom. The Morgan fingerprint density at radius 3 is 2.58 bits per heavy atom. The standard InChI is InChI=1S/C17H13BrFN3OS3/c1-10(15(23)20-13-6-2-11(18)3-7-13)25-16-21-22(17(24)26-16)14-8-4-12(19)5-9-14/h2-10H,1H3,(H,20,23). The Labute approximate surface area is 171 Å². The third-order valence-corrected chi connectivity index (χ3v) is 6.30. The Morgan fingerprint density at radius 1 is 1.27 bits per heavy atom. The van der Waals surface area contributed by atoms with Crippen molar-refractivity contribution >= 4 is 62.8 Å². The molecule has 0 bridgehead atoms. The number of hydrogen-bond acceptors (Lipinski definition) is 5. The molecule has 0 radical (unpaired) electrons. The van der Waals surface area contributed by atoms with Crippen molar-refractivity contribution in [3.8, 4) is 5.69 Å². The third kappa shape index (κ3) is 4.79. The topological polar surface area (TPSA) is 46.9 Å². The van der Waals surface area contributed by atoms with Crippen LogP contribution in [-0.4, -0.2) is 20.9 Å². The van der Waals surface area contributed by atoms with E-state index in [1.54, 1.807) is 16.8 Å². The lowest BCUT2D eigenvalue weighted by Gasteiger charge is -2.10. The first-order valence-corrected chi connectivity index (χ1v) is 10.4. The van der Waals surface area contributed by atoms with E-state index in [2.05, 4.69) is 26.3 Å². The van der Waals surface area contributed by atoms with Crippen molar-refractivity contribution in [3.05, 3.63) is 62.8 Å². The van der Waals surface area contributed by atoms with Crippen LogP contribution in [0, 0.1) is 9.77 Å². The van der Waals surface area contributed by atoms with E-state index in [9.17, 15) is 9.18 Å². The van der Waals surface area contributed by atoms with Crippen LogP contribution in [0.15, 0.2) is 57.3 Å². The molecule has 134 valence electrons. The van der Waals surface area contributed by atoms with E-state index in [1.165, 1.54) is 35.2 Å². The number of anilines is 1. The van der Waals surface area contributed by atoms with Crippen LogP contribution < -0.4 is 5.32 Å². The van der Waals surface area contributed by atoms with E-state index in [4.69, 9.17) is 12.2 Å². The lowest BCUT2D eigenvalue weighted by Crippen LogP contribution is -2.22. The molecule has 2 aromatic carbocycles. The fourth-order valence-corrected chi connectivity index (χ4v) is 4.81.